The molecule has 0 bridgehead atoms. The first kappa shape index (κ1) is 16.7. The van der Waals surface area contributed by atoms with E-state index in [1.807, 2.05) is 13.8 Å². The highest BCUT2D eigenvalue weighted by molar-refractivity contribution is 5.77. The van der Waals surface area contributed by atoms with Crippen LogP contribution < -0.4 is 10.1 Å². The van der Waals surface area contributed by atoms with Crippen molar-refractivity contribution in [1.29, 1.82) is 0 Å². The van der Waals surface area contributed by atoms with Crippen LogP contribution in [0, 0.1) is 16.0 Å². The second-order valence-electron chi connectivity index (χ2n) is 5.04. The Morgan fingerprint density at radius 2 is 2.14 bits per heavy atom. The van der Waals surface area contributed by atoms with Gasteiger partial charge in [-0.05, 0) is 25.3 Å². The predicted molar refractivity (Wildman–Crippen MR) is 78.8 cm³/mol. The van der Waals surface area contributed by atoms with Crippen LogP contribution in [0.3, 0.4) is 0 Å². The van der Waals surface area contributed by atoms with Crippen LogP contribution in [0.15, 0.2) is 18.2 Å². The van der Waals surface area contributed by atoms with Crippen LogP contribution in [-0.4, -0.2) is 28.6 Å². The Morgan fingerprint density at radius 1 is 1.48 bits per heavy atom. The van der Waals surface area contributed by atoms with Crippen LogP contribution >= 0.6 is 0 Å². The van der Waals surface area contributed by atoms with Crippen molar-refractivity contribution in [3.8, 4) is 5.75 Å². The van der Waals surface area contributed by atoms with Gasteiger partial charge in [-0.15, -0.1) is 0 Å². The number of nitrogens with one attached hydrogen (secondary N) is 1. The van der Waals surface area contributed by atoms with E-state index in [-0.39, 0.29) is 17.4 Å². The van der Waals surface area contributed by atoms with E-state index in [0.717, 1.165) is 0 Å². The van der Waals surface area contributed by atoms with E-state index in [9.17, 15) is 20.0 Å². The molecule has 0 amide bonds. The van der Waals surface area contributed by atoms with Gasteiger partial charge in [0.2, 0.25) is 0 Å². The van der Waals surface area contributed by atoms with E-state index >= 15 is 0 Å². The van der Waals surface area contributed by atoms with Crippen molar-refractivity contribution in [3.05, 3.63) is 28.3 Å². The van der Waals surface area contributed by atoms with Gasteiger partial charge in [0.1, 0.15) is 6.04 Å². The SMILES string of the molecule is CCOc1cc(N[C@@H](CC(C)C)C(=O)O)ccc1[N+](=O)[O-]. The number of hydrogen-bond donors (Lipinski definition) is 2. The summed E-state index contributed by atoms with van der Waals surface area (Å²) >= 11 is 0. The summed E-state index contributed by atoms with van der Waals surface area (Å²) in [6.45, 7) is 5.87. The smallest absolute Gasteiger partial charge is 0.326 e. The topological polar surface area (TPSA) is 102 Å². The zero-order valence-electron chi connectivity index (χ0n) is 12.3. The summed E-state index contributed by atoms with van der Waals surface area (Å²) in [6.07, 6.45) is 0.455. The fourth-order valence-corrected chi connectivity index (χ4v) is 1.92. The fraction of sp³-hybridized carbons (Fsp3) is 0.500. The fourth-order valence-electron chi connectivity index (χ4n) is 1.92. The Kier molecular flexibility index (Phi) is 5.95. The number of rotatable bonds is 8. The molecule has 0 spiro atoms. The minimum absolute atomic E-state index is 0.126. The Hall–Kier alpha value is -2.31. The van der Waals surface area contributed by atoms with Crippen molar-refractivity contribution >= 4 is 17.3 Å². The summed E-state index contributed by atoms with van der Waals surface area (Å²) in [6, 6.07) is 3.50. The molecule has 1 atom stereocenters. The standard InChI is InChI=1S/C14H20N2O5/c1-4-21-13-8-10(5-6-12(13)16(19)20)15-11(14(17)18)7-9(2)3/h5-6,8-9,11,15H,4,7H2,1-3H3,(H,17,18)/t11-/m0/s1. The number of hydrogen-bond acceptors (Lipinski definition) is 5. The molecule has 0 aliphatic rings. The molecule has 0 unspecified atom stereocenters. The van der Waals surface area contributed by atoms with Crippen molar-refractivity contribution in [2.75, 3.05) is 11.9 Å². The molecule has 7 nitrogen and oxygen atoms in total. The quantitative estimate of drug-likeness (QED) is 0.565. The van der Waals surface area contributed by atoms with Gasteiger partial charge < -0.3 is 15.2 Å². The third kappa shape index (κ3) is 4.94. The van der Waals surface area contributed by atoms with Gasteiger partial charge in [0.15, 0.2) is 5.75 Å². The predicted octanol–water partition coefficient (Wildman–Crippen LogP) is 2.90. The van der Waals surface area contributed by atoms with Crippen LogP contribution in [0.1, 0.15) is 27.2 Å². The molecule has 0 radical (unpaired) electrons. The Bertz CT molecular complexity index is 516. The Balaban J connectivity index is 2.99. The first-order valence-corrected chi connectivity index (χ1v) is 6.75. The van der Waals surface area contributed by atoms with E-state index in [2.05, 4.69) is 5.32 Å². The normalized spacial score (nSPS) is 12.0. The number of nitro benzene ring substituents is 1. The molecule has 1 rings (SSSR count). The van der Waals surface area contributed by atoms with Gasteiger partial charge in [0.05, 0.1) is 11.5 Å². The van der Waals surface area contributed by atoms with Gasteiger partial charge in [0, 0.05) is 17.8 Å². The largest absolute Gasteiger partial charge is 0.487 e. The number of nitro groups is 1. The third-order valence-electron chi connectivity index (χ3n) is 2.80. The first-order chi connectivity index (χ1) is 9.85. The molecule has 0 heterocycles. The number of aliphatic carboxylic acids is 1. The van der Waals surface area contributed by atoms with Gasteiger partial charge >= 0.3 is 11.7 Å². The van der Waals surface area contributed by atoms with E-state index in [0.29, 0.717) is 18.7 Å². The molecule has 0 aliphatic carbocycles. The lowest BCUT2D eigenvalue weighted by molar-refractivity contribution is -0.385. The molecular weight excluding hydrogens is 276 g/mol. The number of carbonyl (C=O) groups is 1. The van der Waals surface area contributed by atoms with E-state index < -0.39 is 16.9 Å². The first-order valence-electron chi connectivity index (χ1n) is 6.75. The summed E-state index contributed by atoms with van der Waals surface area (Å²) in [5, 5.41) is 23.0. The van der Waals surface area contributed by atoms with E-state index in [1.54, 1.807) is 6.92 Å². The van der Waals surface area contributed by atoms with Gasteiger partial charge in [-0.3, -0.25) is 10.1 Å². The van der Waals surface area contributed by atoms with Crippen molar-refractivity contribution in [2.24, 2.45) is 5.92 Å². The van der Waals surface area contributed by atoms with Crippen LogP contribution in [0.4, 0.5) is 11.4 Å². The molecule has 0 saturated carbocycles. The third-order valence-corrected chi connectivity index (χ3v) is 2.80. The lowest BCUT2D eigenvalue weighted by Gasteiger charge is -2.18. The highest BCUT2D eigenvalue weighted by Gasteiger charge is 2.21. The van der Waals surface area contributed by atoms with Crippen molar-refractivity contribution in [3.63, 3.8) is 0 Å². The number of benzene rings is 1. The second-order valence-corrected chi connectivity index (χ2v) is 5.04. The summed E-state index contributed by atoms with van der Waals surface area (Å²) in [5.74, 6) is -0.621. The zero-order chi connectivity index (χ0) is 16.0. The van der Waals surface area contributed by atoms with Gasteiger partial charge in [-0.25, -0.2) is 4.79 Å². The molecule has 116 valence electrons. The highest BCUT2D eigenvalue weighted by atomic mass is 16.6. The summed E-state index contributed by atoms with van der Waals surface area (Å²) < 4.78 is 5.23. The number of anilines is 1. The van der Waals surface area contributed by atoms with Crippen LogP contribution in [0.5, 0.6) is 5.75 Å². The molecule has 0 fully saturated rings. The number of nitrogens with zero attached hydrogens (tertiary/aromatic N) is 1. The van der Waals surface area contributed by atoms with Crippen molar-refractivity contribution in [1.82, 2.24) is 0 Å². The van der Waals surface area contributed by atoms with E-state index in [1.165, 1.54) is 18.2 Å². The maximum absolute atomic E-state index is 11.2. The number of ether oxygens (including phenoxy) is 1. The molecule has 1 aromatic rings. The summed E-state index contributed by atoms with van der Waals surface area (Å²) in [7, 11) is 0. The summed E-state index contributed by atoms with van der Waals surface area (Å²) in [5.41, 5.74) is 0.343. The monoisotopic (exact) mass is 296 g/mol. The van der Waals surface area contributed by atoms with Crippen LogP contribution in [-0.2, 0) is 4.79 Å². The van der Waals surface area contributed by atoms with Crippen molar-refractivity contribution < 1.29 is 19.6 Å². The van der Waals surface area contributed by atoms with Crippen LogP contribution in [0.2, 0.25) is 0 Å². The molecule has 1 aromatic carbocycles. The molecule has 0 saturated heterocycles. The Labute approximate surface area is 123 Å². The number of carboxylic acid groups (broad SMARTS) is 1. The van der Waals surface area contributed by atoms with Gasteiger partial charge in [-0.2, -0.15) is 0 Å². The molecule has 0 aromatic heterocycles. The average Bonchev–Trinajstić information content (AvgIpc) is 2.37. The molecule has 21 heavy (non-hydrogen) atoms. The minimum atomic E-state index is -0.958. The average molecular weight is 296 g/mol. The van der Waals surface area contributed by atoms with Crippen molar-refractivity contribution in [2.45, 2.75) is 33.2 Å². The van der Waals surface area contributed by atoms with Crippen LogP contribution in [0.25, 0.3) is 0 Å². The molecule has 0 aliphatic heterocycles. The zero-order valence-corrected chi connectivity index (χ0v) is 12.3. The van der Waals surface area contributed by atoms with Gasteiger partial charge in [-0.1, -0.05) is 13.8 Å². The minimum Gasteiger partial charge on any atom is -0.487 e. The molecular formula is C14H20N2O5. The molecule has 2 N–H and O–H groups in total. The second kappa shape index (κ2) is 7.47. The maximum Gasteiger partial charge on any atom is 0.326 e. The number of carboxylic acids is 1. The molecule has 7 heteroatoms. The summed E-state index contributed by atoms with van der Waals surface area (Å²) in [4.78, 5) is 21.6. The van der Waals surface area contributed by atoms with E-state index in [4.69, 9.17) is 4.74 Å². The van der Waals surface area contributed by atoms with Gasteiger partial charge in [0.25, 0.3) is 0 Å². The maximum atomic E-state index is 11.2. The lowest BCUT2D eigenvalue weighted by Crippen LogP contribution is -2.30. The Morgan fingerprint density at radius 3 is 2.62 bits per heavy atom. The lowest BCUT2D eigenvalue weighted by atomic mass is 10.0. The highest BCUT2D eigenvalue weighted by Crippen LogP contribution is 2.30.